The van der Waals surface area contributed by atoms with Crippen molar-refractivity contribution in [2.24, 2.45) is 0 Å². The number of Topliss-reactive ketones (excluding diaryl/α,β-unsaturated/α-hetero) is 1. The third-order valence-electron chi connectivity index (χ3n) is 3.81. The maximum Gasteiger partial charge on any atom is 0.148 e. The smallest absolute Gasteiger partial charge is 0.148 e. The van der Waals surface area contributed by atoms with E-state index in [1.807, 2.05) is 6.07 Å². The predicted octanol–water partition coefficient (Wildman–Crippen LogP) is 3.35. The zero-order valence-electron chi connectivity index (χ0n) is 12.8. The number of benzene rings is 1. The molecule has 1 aromatic carbocycles. The predicted molar refractivity (Wildman–Crippen MR) is 83.5 cm³/mol. The van der Waals surface area contributed by atoms with Crippen molar-refractivity contribution in [3.63, 3.8) is 0 Å². The quantitative estimate of drug-likeness (QED) is 0.802. The van der Waals surface area contributed by atoms with Gasteiger partial charge in [-0.1, -0.05) is 6.07 Å². The summed E-state index contributed by atoms with van der Waals surface area (Å²) < 4.78 is 19.6. The number of hydrogen-bond donors (Lipinski definition) is 1. The number of halogens is 1. The average Bonchev–Trinajstić information content (AvgIpc) is 2.91. The summed E-state index contributed by atoms with van der Waals surface area (Å²) in [5.74, 6) is -0.299. The van der Waals surface area contributed by atoms with Gasteiger partial charge < -0.3 is 9.52 Å². The number of hydrogen-bond acceptors (Lipinski definition) is 4. The van der Waals surface area contributed by atoms with E-state index in [1.165, 1.54) is 26.1 Å². The monoisotopic (exact) mass is 313 g/mol. The number of rotatable bonds is 4. The Kier molecular flexibility index (Phi) is 3.74. The molecule has 1 atom stereocenters. The van der Waals surface area contributed by atoms with Gasteiger partial charge >= 0.3 is 0 Å². The fourth-order valence-electron chi connectivity index (χ4n) is 2.63. The molecule has 0 bridgehead atoms. The van der Waals surface area contributed by atoms with E-state index in [4.69, 9.17) is 4.42 Å². The average molecular weight is 313 g/mol. The minimum Gasteiger partial charge on any atom is -0.458 e. The molecule has 0 aliphatic carbocycles. The second kappa shape index (κ2) is 5.59. The lowest BCUT2D eigenvalue weighted by Gasteiger charge is -2.21. The van der Waals surface area contributed by atoms with Crippen LogP contribution in [0.1, 0.15) is 30.7 Å². The summed E-state index contributed by atoms with van der Waals surface area (Å²) in [6.07, 6.45) is 2.81. The summed E-state index contributed by atoms with van der Waals surface area (Å²) in [4.78, 5) is 14.9. The number of ketones is 1. The Morgan fingerprint density at radius 3 is 2.83 bits per heavy atom. The molecule has 3 rings (SSSR count). The molecule has 2 heterocycles. The van der Waals surface area contributed by atoms with Crippen molar-refractivity contribution in [2.45, 2.75) is 25.9 Å². The van der Waals surface area contributed by atoms with Gasteiger partial charge in [0.15, 0.2) is 0 Å². The SMILES string of the molecule is CC(=O)Cc1ccc2oc(C(C)(O)c3ccncc3F)cc2c1. The molecule has 3 aromatic rings. The van der Waals surface area contributed by atoms with Crippen LogP contribution in [0.25, 0.3) is 11.0 Å². The Hall–Kier alpha value is -2.53. The first-order valence-corrected chi connectivity index (χ1v) is 7.22. The van der Waals surface area contributed by atoms with Gasteiger partial charge in [0.25, 0.3) is 0 Å². The van der Waals surface area contributed by atoms with Gasteiger partial charge in [-0.15, -0.1) is 0 Å². The maximum absolute atomic E-state index is 13.9. The normalized spacial score (nSPS) is 13.9. The van der Waals surface area contributed by atoms with Crippen LogP contribution in [0.2, 0.25) is 0 Å². The molecule has 1 N–H and O–H groups in total. The summed E-state index contributed by atoms with van der Waals surface area (Å²) >= 11 is 0. The Labute approximate surface area is 132 Å². The number of carbonyl (C=O) groups excluding carboxylic acids is 1. The molecule has 118 valence electrons. The molecule has 1 unspecified atom stereocenters. The van der Waals surface area contributed by atoms with E-state index in [-0.39, 0.29) is 17.1 Å². The lowest BCUT2D eigenvalue weighted by molar-refractivity contribution is -0.116. The van der Waals surface area contributed by atoms with Crippen molar-refractivity contribution in [3.05, 3.63) is 65.4 Å². The summed E-state index contributed by atoms with van der Waals surface area (Å²) in [6.45, 7) is 3.00. The van der Waals surface area contributed by atoms with Crippen LogP contribution >= 0.6 is 0 Å². The molecule has 2 aromatic heterocycles. The largest absolute Gasteiger partial charge is 0.458 e. The standard InChI is InChI=1S/C18H16FNO3/c1-11(21)7-12-3-4-16-13(8-12)9-17(23-16)18(2,22)14-5-6-20-10-15(14)19/h3-6,8-10,22H,7H2,1-2H3. The lowest BCUT2D eigenvalue weighted by Crippen LogP contribution is -2.23. The van der Waals surface area contributed by atoms with E-state index in [2.05, 4.69) is 4.98 Å². The van der Waals surface area contributed by atoms with Crippen LogP contribution in [-0.4, -0.2) is 15.9 Å². The summed E-state index contributed by atoms with van der Waals surface area (Å²) in [7, 11) is 0. The lowest BCUT2D eigenvalue weighted by atomic mass is 9.93. The van der Waals surface area contributed by atoms with Gasteiger partial charge in [0.2, 0.25) is 0 Å². The van der Waals surface area contributed by atoms with E-state index in [0.717, 1.165) is 17.1 Å². The topological polar surface area (TPSA) is 63.3 Å². The minimum absolute atomic E-state index is 0.0684. The molecule has 0 radical (unpaired) electrons. The molecule has 0 amide bonds. The molecular formula is C18H16FNO3. The second-order valence-corrected chi connectivity index (χ2v) is 5.79. The van der Waals surface area contributed by atoms with Crippen LogP contribution in [0, 0.1) is 5.82 Å². The first kappa shape index (κ1) is 15.4. The van der Waals surface area contributed by atoms with E-state index < -0.39 is 11.4 Å². The van der Waals surface area contributed by atoms with Crippen molar-refractivity contribution >= 4 is 16.8 Å². The van der Waals surface area contributed by atoms with E-state index in [0.29, 0.717) is 12.0 Å². The Balaban J connectivity index is 2.06. The van der Waals surface area contributed by atoms with Gasteiger partial charge in [-0.3, -0.25) is 9.78 Å². The van der Waals surface area contributed by atoms with Crippen LogP contribution < -0.4 is 0 Å². The van der Waals surface area contributed by atoms with Gasteiger partial charge in [0.05, 0.1) is 6.20 Å². The van der Waals surface area contributed by atoms with Gasteiger partial charge in [-0.05, 0) is 43.7 Å². The minimum atomic E-state index is -1.62. The molecule has 4 nitrogen and oxygen atoms in total. The van der Waals surface area contributed by atoms with Crippen molar-refractivity contribution < 1.29 is 18.7 Å². The van der Waals surface area contributed by atoms with Crippen LogP contribution in [0.5, 0.6) is 0 Å². The number of aromatic nitrogens is 1. The fourth-order valence-corrected chi connectivity index (χ4v) is 2.63. The van der Waals surface area contributed by atoms with Gasteiger partial charge in [-0.25, -0.2) is 4.39 Å². The first-order chi connectivity index (χ1) is 10.9. The van der Waals surface area contributed by atoms with Crippen LogP contribution in [-0.2, 0) is 16.8 Å². The molecule has 0 saturated carbocycles. The molecule has 0 spiro atoms. The summed E-state index contributed by atoms with van der Waals surface area (Å²) in [5.41, 5.74) is -0.0862. The zero-order valence-corrected chi connectivity index (χ0v) is 12.8. The van der Waals surface area contributed by atoms with Crippen molar-refractivity contribution in [1.82, 2.24) is 4.98 Å². The molecular weight excluding hydrogens is 297 g/mol. The number of fused-ring (bicyclic) bond motifs is 1. The van der Waals surface area contributed by atoms with Gasteiger partial charge in [0, 0.05) is 23.6 Å². The van der Waals surface area contributed by atoms with Crippen LogP contribution in [0.15, 0.2) is 47.1 Å². The molecule has 5 heteroatoms. The summed E-state index contributed by atoms with van der Waals surface area (Å²) in [6, 6.07) is 8.47. The first-order valence-electron chi connectivity index (χ1n) is 7.22. The van der Waals surface area contributed by atoms with Crippen molar-refractivity contribution in [1.29, 1.82) is 0 Å². The van der Waals surface area contributed by atoms with Gasteiger partial charge in [0.1, 0.15) is 28.5 Å². The fraction of sp³-hybridized carbons (Fsp3) is 0.222. The third kappa shape index (κ3) is 2.87. The highest BCUT2D eigenvalue weighted by molar-refractivity contribution is 5.83. The number of furan rings is 1. The Morgan fingerprint density at radius 2 is 2.13 bits per heavy atom. The maximum atomic E-state index is 13.9. The Morgan fingerprint density at radius 1 is 1.35 bits per heavy atom. The van der Waals surface area contributed by atoms with Crippen LogP contribution in [0.3, 0.4) is 0 Å². The number of aliphatic hydroxyl groups is 1. The number of pyridine rings is 1. The molecule has 0 fully saturated rings. The number of carbonyl (C=O) groups is 1. The molecule has 0 saturated heterocycles. The molecule has 0 aliphatic rings. The summed E-state index contributed by atoms with van der Waals surface area (Å²) in [5, 5.41) is 11.5. The van der Waals surface area contributed by atoms with E-state index >= 15 is 0 Å². The van der Waals surface area contributed by atoms with E-state index in [9.17, 15) is 14.3 Å². The Bertz CT molecular complexity index is 883. The van der Waals surface area contributed by atoms with E-state index in [1.54, 1.807) is 18.2 Å². The van der Waals surface area contributed by atoms with Gasteiger partial charge in [-0.2, -0.15) is 0 Å². The van der Waals surface area contributed by atoms with Crippen molar-refractivity contribution in [3.8, 4) is 0 Å². The molecule has 0 aliphatic heterocycles. The molecule has 23 heavy (non-hydrogen) atoms. The van der Waals surface area contributed by atoms with Crippen LogP contribution in [0.4, 0.5) is 4.39 Å². The zero-order chi connectivity index (χ0) is 16.6. The highest BCUT2D eigenvalue weighted by Gasteiger charge is 2.32. The van der Waals surface area contributed by atoms with Crippen molar-refractivity contribution in [2.75, 3.05) is 0 Å². The second-order valence-electron chi connectivity index (χ2n) is 5.79. The highest BCUT2D eigenvalue weighted by Crippen LogP contribution is 2.34. The number of nitrogens with zero attached hydrogens (tertiary/aromatic N) is 1. The highest BCUT2D eigenvalue weighted by atomic mass is 19.1. The third-order valence-corrected chi connectivity index (χ3v) is 3.81.